The van der Waals surface area contributed by atoms with Gasteiger partial charge in [-0.25, -0.2) is 0 Å². The molecule has 4 heterocycles. The van der Waals surface area contributed by atoms with Gasteiger partial charge in [0.25, 0.3) is 5.91 Å². The number of aromatic nitrogens is 3. The first-order valence-corrected chi connectivity index (χ1v) is 9.00. The Morgan fingerprint density at radius 2 is 2.00 bits per heavy atom. The van der Waals surface area contributed by atoms with E-state index in [4.69, 9.17) is 4.42 Å². The number of nitrogens with zero attached hydrogens (tertiary/aromatic N) is 5. The van der Waals surface area contributed by atoms with Gasteiger partial charge in [-0.15, -0.1) is 10.2 Å². The number of carbonyl (C=O) groups is 2. The van der Waals surface area contributed by atoms with Crippen LogP contribution in [-0.4, -0.2) is 62.9 Å². The van der Waals surface area contributed by atoms with Crippen molar-refractivity contribution in [3.05, 3.63) is 54.4 Å². The van der Waals surface area contributed by atoms with E-state index in [1.165, 1.54) is 11.2 Å². The van der Waals surface area contributed by atoms with Crippen LogP contribution in [0.1, 0.15) is 35.1 Å². The maximum Gasteiger partial charge on any atom is 0.289 e. The highest BCUT2D eigenvalue weighted by Gasteiger charge is 2.28. The maximum atomic E-state index is 12.6. The van der Waals surface area contributed by atoms with Crippen molar-refractivity contribution >= 4 is 17.5 Å². The SMILES string of the molecule is CN(CC(=O)N1CCC(c2nnc3ccccn23)CC1)C(=O)c1ccco1. The number of likely N-dealkylation sites (tertiary alicyclic amines) is 1. The molecule has 0 N–H and O–H groups in total. The van der Waals surface area contributed by atoms with Gasteiger partial charge in [0.15, 0.2) is 11.4 Å². The van der Waals surface area contributed by atoms with Crippen LogP contribution in [0.25, 0.3) is 5.65 Å². The highest BCUT2D eigenvalue weighted by Crippen LogP contribution is 2.27. The predicted molar refractivity (Wildman–Crippen MR) is 97.2 cm³/mol. The van der Waals surface area contributed by atoms with E-state index in [2.05, 4.69) is 10.2 Å². The normalized spacial score (nSPS) is 15.2. The molecular weight excluding hydrogens is 346 g/mol. The number of piperidine rings is 1. The second-order valence-electron chi connectivity index (χ2n) is 6.78. The van der Waals surface area contributed by atoms with Gasteiger partial charge in [0.2, 0.25) is 5.91 Å². The Labute approximate surface area is 156 Å². The summed E-state index contributed by atoms with van der Waals surface area (Å²) in [6, 6.07) is 9.08. The molecule has 140 valence electrons. The largest absolute Gasteiger partial charge is 0.459 e. The molecule has 1 aliphatic rings. The van der Waals surface area contributed by atoms with Crippen LogP contribution in [0, 0.1) is 0 Å². The third-order valence-corrected chi connectivity index (χ3v) is 5.00. The summed E-state index contributed by atoms with van der Waals surface area (Å²) < 4.78 is 7.11. The molecule has 4 rings (SSSR count). The Kier molecular flexibility index (Phi) is 4.62. The second kappa shape index (κ2) is 7.22. The van der Waals surface area contributed by atoms with Crippen molar-refractivity contribution in [2.45, 2.75) is 18.8 Å². The van der Waals surface area contributed by atoms with E-state index in [1.54, 1.807) is 19.2 Å². The molecule has 0 atom stereocenters. The van der Waals surface area contributed by atoms with Crippen LogP contribution in [0.15, 0.2) is 47.2 Å². The van der Waals surface area contributed by atoms with Crippen LogP contribution in [0.3, 0.4) is 0 Å². The molecule has 1 aliphatic heterocycles. The molecule has 0 bridgehead atoms. The Morgan fingerprint density at radius 1 is 1.19 bits per heavy atom. The van der Waals surface area contributed by atoms with Gasteiger partial charge < -0.3 is 14.2 Å². The van der Waals surface area contributed by atoms with Crippen LogP contribution >= 0.6 is 0 Å². The number of hydrogen-bond acceptors (Lipinski definition) is 5. The van der Waals surface area contributed by atoms with Crippen LogP contribution in [0.4, 0.5) is 0 Å². The van der Waals surface area contributed by atoms with E-state index in [-0.39, 0.29) is 30.0 Å². The zero-order chi connectivity index (χ0) is 18.8. The van der Waals surface area contributed by atoms with Crippen LogP contribution in [0.2, 0.25) is 0 Å². The van der Waals surface area contributed by atoms with E-state index >= 15 is 0 Å². The third kappa shape index (κ3) is 3.42. The van der Waals surface area contributed by atoms with E-state index in [1.807, 2.05) is 33.7 Å². The first kappa shape index (κ1) is 17.3. The fourth-order valence-electron chi connectivity index (χ4n) is 3.49. The zero-order valence-corrected chi connectivity index (χ0v) is 15.1. The van der Waals surface area contributed by atoms with Gasteiger partial charge in [-0.2, -0.15) is 0 Å². The molecule has 1 saturated heterocycles. The summed E-state index contributed by atoms with van der Waals surface area (Å²) in [5.41, 5.74) is 0.837. The molecule has 0 radical (unpaired) electrons. The quantitative estimate of drug-likeness (QED) is 0.702. The Morgan fingerprint density at radius 3 is 2.74 bits per heavy atom. The third-order valence-electron chi connectivity index (χ3n) is 5.00. The smallest absolute Gasteiger partial charge is 0.289 e. The Hall–Kier alpha value is -3.16. The number of rotatable bonds is 4. The number of likely N-dealkylation sites (N-methyl/N-ethyl adjacent to an activating group) is 1. The molecule has 0 aromatic carbocycles. The Bertz CT molecular complexity index is 941. The summed E-state index contributed by atoms with van der Waals surface area (Å²) in [5.74, 6) is 1.11. The van der Waals surface area contributed by atoms with Crippen LogP contribution in [0.5, 0.6) is 0 Å². The average molecular weight is 367 g/mol. The summed E-state index contributed by atoms with van der Waals surface area (Å²) in [7, 11) is 1.61. The predicted octanol–water partition coefficient (Wildman–Crippen LogP) is 1.80. The summed E-state index contributed by atoms with van der Waals surface area (Å²) in [4.78, 5) is 28.0. The summed E-state index contributed by atoms with van der Waals surface area (Å²) >= 11 is 0. The van der Waals surface area contributed by atoms with Gasteiger partial charge in [-0.05, 0) is 37.1 Å². The van der Waals surface area contributed by atoms with Crippen molar-refractivity contribution in [3.63, 3.8) is 0 Å². The van der Waals surface area contributed by atoms with Crippen molar-refractivity contribution in [2.75, 3.05) is 26.7 Å². The first-order valence-electron chi connectivity index (χ1n) is 9.00. The van der Waals surface area contributed by atoms with E-state index in [9.17, 15) is 9.59 Å². The lowest BCUT2D eigenvalue weighted by molar-refractivity contribution is -0.132. The van der Waals surface area contributed by atoms with Gasteiger partial charge in [0.1, 0.15) is 5.82 Å². The number of pyridine rings is 1. The number of fused-ring (bicyclic) bond motifs is 1. The van der Waals surface area contributed by atoms with E-state index < -0.39 is 0 Å². The molecule has 0 aliphatic carbocycles. The minimum atomic E-state index is -0.293. The van der Waals surface area contributed by atoms with Crippen LogP contribution in [-0.2, 0) is 4.79 Å². The molecule has 0 saturated carbocycles. The fraction of sp³-hybridized carbons (Fsp3) is 0.368. The van der Waals surface area contributed by atoms with E-state index in [0.29, 0.717) is 13.1 Å². The van der Waals surface area contributed by atoms with Gasteiger partial charge in [0, 0.05) is 32.3 Å². The zero-order valence-electron chi connectivity index (χ0n) is 15.1. The number of amides is 2. The number of furan rings is 1. The molecule has 2 amide bonds. The standard InChI is InChI=1S/C19H21N5O3/c1-22(19(26)15-5-4-12-27-15)13-17(25)23-10-7-14(8-11-23)18-21-20-16-6-2-3-9-24(16)18/h2-6,9,12,14H,7-8,10-11,13H2,1H3. The fourth-order valence-corrected chi connectivity index (χ4v) is 3.49. The lowest BCUT2D eigenvalue weighted by atomic mass is 9.96. The van der Waals surface area contributed by atoms with Crippen molar-refractivity contribution in [1.29, 1.82) is 0 Å². The minimum Gasteiger partial charge on any atom is -0.459 e. The van der Waals surface area contributed by atoms with Gasteiger partial charge in [0.05, 0.1) is 12.8 Å². The summed E-state index contributed by atoms with van der Waals surface area (Å²) in [6.45, 7) is 1.33. The molecule has 0 spiro atoms. The maximum absolute atomic E-state index is 12.6. The minimum absolute atomic E-state index is 0.0397. The van der Waals surface area contributed by atoms with Crippen molar-refractivity contribution < 1.29 is 14.0 Å². The average Bonchev–Trinajstić information content (AvgIpc) is 3.37. The number of carbonyl (C=O) groups excluding carboxylic acids is 2. The van der Waals surface area contributed by atoms with Crippen molar-refractivity contribution in [1.82, 2.24) is 24.4 Å². The van der Waals surface area contributed by atoms with Gasteiger partial charge in [-0.1, -0.05) is 6.07 Å². The highest BCUT2D eigenvalue weighted by atomic mass is 16.3. The summed E-state index contributed by atoms with van der Waals surface area (Å²) in [6.07, 6.45) is 5.08. The highest BCUT2D eigenvalue weighted by molar-refractivity contribution is 5.94. The molecule has 1 fully saturated rings. The first-order chi connectivity index (χ1) is 13.1. The molecule has 27 heavy (non-hydrogen) atoms. The topological polar surface area (TPSA) is 84.0 Å². The molecule has 3 aromatic heterocycles. The van der Waals surface area contributed by atoms with Crippen molar-refractivity contribution in [2.24, 2.45) is 0 Å². The van der Waals surface area contributed by atoms with Gasteiger partial charge >= 0.3 is 0 Å². The second-order valence-corrected chi connectivity index (χ2v) is 6.78. The van der Waals surface area contributed by atoms with Crippen molar-refractivity contribution in [3.8, 4) is 0 Å². The molecule has 8 nitrogen and oxygen atoms in total. The lowest BCUT2D eigenvalue weighted by Gasteiger charge is -2.32. The monoisotopic (exact) mass is 367 g/mol. The van der Waals surface area contributed by atoms with Gasteiger partial charge in [-0.3, -0.25) is 14.0 Å². The molecule has 3 aromatic rings. The molecule has 0 unspecified atom stereocenters. The lowest BCUT2D eigenvalue weighted by Crippen LogP contribution is -2.44. The molecule has 8 heteroatoms. The van der Waals surface area contributed by atoms with E-state index in [0.717, 1.165) is 24.3 Å². The summed E-state index contributed by atoms with van der Waals surface area (Å²) in [5, 5.41) is 8.55. The Balaban J connectivity index is 1.35. The molecular formula is C19H21N5O3. The number of hydrogen-bond donors (Lipinski definition) is 0. The van der Waals surface area contributed by atoms with Crippen LogP contribution < -0.4 is 0 Å².